The van der Waals surface area contributed by atoms with Gasteiger partial charge in [0, 0.05) is 6.54 Å². The van der Waals surface area contributed by atoms with Gasteiger partial charge in [-0.25, -0.2) is 0 Å². The lowest BCUT2D eigenvalue weighted by atomic mass is 10.0. The van der Waals surface area contributed by atoms with Crippen LogP contribution in [0.3, 0.4) is 0 Å². The van der Waals surface area contributed by atoms with Gasteiger partial charge in [0.2, 0.25) is 0 Å². The van der Waals surface area contributed by atoms with E-state index >= 15 is 0 Å². The second-order valence-electron chi connectivity index (χ2n) is 5.20. The Morgan fingerprint density at radius 3 is 2.90 bits per heavy atom. The number of carbonyl (C=O) groups excluding carboxylic acids is 2. The lowest BCUT2D eigenvalue weighted by molar-refractivity contribution is -0.146. The number of hydrogen-bond donors (Lipinski definition) is 2. The van der Waals surface area contributed by atoms with Crippen molar-refractivity contribution < 1.29 is 14.3 Å². The molecule has 0 bridgehead atoms. The van der Waals surface area contributed by atoms with Gasteiger partial charge < -0.3 is 15.4 Å². The fourth-order valence-corrected chi connectivity index (χ4v) is 2.04. The van der Waals surface area contributed by atoms with E-state index in [2.05, 4.69) is 10.6 Å². The molecule has 5 nitrogen and oxygen atoms in total. The van der Waals surface area contributed by atoms with E-state index in [-0.39, 0.29) is 0 Å². The molecule has 0 aliphatic carbocycles. The number of rotatable bonds is 4. The number of ether oxygens (including phenoxy) is 1. The van der Waals surface area contributed by atoms with Crippen molar-refractivity contribution in [3.05, 3.63) is 23.8 Å². The molecule has 0 radical (unpaired) electrons. The summed E-state index contributed by atoms with van der Waals surface area (Å²) in [5, 5.41) is 5.48. The van der Waals surface area contributed by atoms with Gasteiger partial charge in [0.25, 0.3) is 17.4 Å². The molecule has 108 valence electrons. The number of benzene rings is 1. The maximum absolute atomic E-state index is 12.2. The van der Waals surface area contributed by atoms with E-state index in [0.717, 1.165) is 18.4 Å². The second kappa shape index (κ2) is 5.53. The Hall–Kier alpha value is -2.04. The van der Waals surface area contributed by atoms with Crippen LogP contribution >= 0.6 is 0 Å². The van der Waals surface area contributed by atoms with Gasteiger partial charge in [-0.3, -0.25) is 9.59 Å². The zero-order valence-electron chi connectivity index (χ0n) is 12.1. The minimum absolute atomic E-state index is 0.408. The zero-order valence-corrected chi connectivity index (χ0v) is 12.1. The molecule has 0 aromatic heterocycles. The maximum Gasteiger partial charge on any atom is 0.278 e. The molecular formula is C15H20N2O3. The van der Waals surface area contributed by atoms with Crippen LogP contribution in [0.25, 0.3) is 0 Å². The van der Waals surface area contributed by atoms with Crippen LogP contribution < -0.4 is 15.4 Å². The number of nitrogens with one attached hydrogen (secondary N) is 2. The summed E-state index contributed by atoms with van der Waals surface area (Å²) in [5.74, 6) is -0.331. The van der Waals surface area contributed by atoms with Gasteiger partial charge in [-0.05, 0) is 38.0 Å². The van der Waals surface area contributed by atoms with Gasteiger partial charge in [0.05, 0.1) is 5.69 Å². The van der Waals surface area contributed by atoms with Crippen LogP contribution in [0.15, 0.2) is 18.2 Å². The van der Waals surface area contributed by atoms with Gasteiger partial charge in [0.15, 0.2) is 0 Å². The molecule has 0 spiro atoms. The summed E-state index contributed by atoms with van der Waals surface area (Å²) < 4.78 is 5.66. The molecule has 1 heterocycles. The molecule has 1 unspecified atom stereocenters. The van der Waals surface area contributed by atoms with Crippen LogP contribution in [0.2, 0.25) is 0 Å². The normalized spacial score (nSPS) is 20.6. The van der Waals surface area contributed by atoms with Crippen molar-refractivity contribution in [1.82, 2.24) is 5.32 Å². The maximum atomic E-state index is 12.2. The highest BCUT2D eigenvalue weighted by molar-refractivity contribution is 6.15. The molecule has 0 saturated heterocycles. The third-order valence-electron chi connectivity index (χ3n) is 3.38. The molecule has 1 aromatic carbocycles. The highest BCUT2D eigenvalue weighted by Crippen LogP contribution is 2.34. The van der Waals surface area contributed by atoms with Gasteiger partial charge in [-0.15, -0.1) is 0 Å². The van der Waals surface area contributed by atoms with Crippen molar-refractivity contribution in [3.63, 3.8) is 0 Å². The molecule has 1 atom stereocenters. The summed E-state index contributed by atoms with van der Waals surface area (Å²) in [7, 11) is 0. The number of hydrogen-bond acceptors (Lipinski definition) is 3. The summed E-state index contributed by atoms with van der Waals surface area (Å²) in [6, 6.07) is 5.47. The molecule has 5 heteroatoms. The number of amides is 2. The van der Waals surface area contributed by atoms with Crippen LogP contribution in [0.1, 0.15) is 32.3 Å². The number of unbranched alkanes of at least 4 members (excludes halogenated alkanes) is 1. The predicted octanol–water partition coefficient (Wildman–Crippen LogP) is 2.00. The van der Waals surface area contributed by atoms with Crippen molar-refractivity contribution >= 4 is 17.5 Å². The van der Waals surface area contributed by atoms with Gasteiger partial charge >= 0.3 is 0 Å². The zero-order chi connectivity index (χ0) is 14.8. The third kappa shape index (κ3) is 2.61. The molecule has 0 fully saturated rings. The first-order chi connectivity index (χ1) is 9.47. The van der Waals surface area contributed by atoms with Crippen LogP contribution in [-0.4, -0.2) is 24.0 Å². The van der Waals surface area contributed by atoms with Crippen molar-refractivity contribution in [2.24, 2.45) is 0 Å². The molecule has 0 saturated carbocycles. The molecule has 1 aliphatic heterocycles. The van der Waals surface area contributed by atoms with Crippen molar-refractivity contribution in [1.29, 1.82) is 0 Å². The summed E-state index contributed by atoms with van der Waals surface area (Å²) in [5.41, 5.74) is 0.105. The Labute approximate surface area is 118 Å². The van der Waals surface area contributed by atoms with Crippen LogP contribution in [0, 0.1) is 6.92 Å². The second-order valence-corrected chi connectivity index (χ2v) is 5.20. The van der Waals surface area contributed by atoms with E-state index in [1.807, 2.05) is 26.0 Å². The quantitative estimate of drug-likeness (QED) is 0.653. The molecule has 1 aromatic rings. The van der Waals surface area contributed by atoms with Crippen LogP contribution in [0.4, 0.5) is 5.69 Å². The highest BCUT2D eigenvalue weighted by atomic mass is 16.5. The van der Waals surface area contributed by atoms with Crippen molar-refractivity contribution in [3.8, 4) is 5.75 Å². The van der Waals surface area contributed by atoms with E-state index in [1.54, 1.807) is 6.07 Å². The Morgan fingerprint density at radius 1 is 1.45 bits per heavy atom. The topological polar surface area (TPSA) is 67.4 Å². The standard InChI is InChI=1S/C15H20N2O3/c1-4-5-8-16-13(18)15(3)14(19)17-11-9-10(2)6-7-12(11)20-15/h6-7,9H,4-5,8H2,1-3H3,(H,16,18)(H,17,19). The van der Waals surface area contributed by atoms with Crippen molar-refractivity contribution in [2.45, 2.75) is 39.2 Å². The minimum Gasteiger partial charge on any atom is -0.466 e. The molecule has 1 aliphatic rings. The summed E-state index contributed by atoms with van der Waals surface area (Å²) in [4.78, 5) is 24.4. The minimum atomic E-state index is -1.52. The van der Waals surface area contributed by atoms with E-state index in [9.17, 15) is 9.59 Å². The number of fused-ring (bicyclic) bond motifs is 1. The summed E-state index contributed by atoms with van der Waals surface area (Å²) in [6.07, 6.45) is 1.85. The summed E-state index contributed by atoms with van der Waals surface area (Å²) in [6.45, 7) is 6.00. The van der Waals surface area contributed by atoms with Crippen molar-refractivity contribution in [2.75, 3.05) is 11.9 Å². The Morgan fingerprint density at radius 2 is 2.20 bits per heavy atom. The molecule has 2 rings (SSSR count). The molecule has 20 heavy (non-hydrogen) atoms. The highest BCUT2D eigenvalue weighted by Gasteiger charge is 2.47. The van der Waals surface area contributed by atoms with Crippen LogP contribution in [-0.2, 0) is 9.59 Å². The fraction of sp³-hybridized carbons (Fsp3) is 0.467. The van der Waals surface area contributed by atoms with Gasteiger partial charge in [-0.2, -0.15) is 0 Å². The molecular weight excluding hydrogens is 256 g/mol. The van der Waals surface area contributed by atoms with E-state index in [4.69, 9.17) is 4.74 Å². The van der Waals surface area contributed by atoms with Crippen LogP contribution in [0.5, 0.6) is 5.75 Å². The fourth-order valence-electron chi connectivity index (χ4n) is 2.04. The van der Waals surface area contributed by atoms with E-state index in [0.29, 0.717) is 18.0 Å². The Kier molecular flexibility index (Phi) is 3.97. The monoisotopic (exact) mass is 276 g/mol. The van der Waals surface area contributed by atoms with Gasteiger partial charge in [0.1, 0.15) is 5.75 Å². The Bertz CT molecular complexity index is 542. The first-order valence-corrected chi connectivity index (χ1v) is 6.87. The first kappa shape index (κ1) is 14.4. The van der Waals surface area contributed by atoms with E-state index in [1.165, 1.54) is 6.92 Å². The number of carbonyl (C=O) groups is 2. The third-order valence-corrected chi connectivity index (χ3v) is 3.38. The average Bonchev–Trinajstić information content (AvgIpc) is 2.40. The number of anilines is 1. The smallest absolute Gasteiger partial charge is 0.278 e. The molecule has 2 amide bonds. The summed E-state index contributed by atoms with van der Waals surface area (Å²) >= 11 is 0. The first-order valence-electron chi connectivity index (χ1n) is 6.87. The lowest BCUT2D eigenvalue weighted by Gasteiger charge is -2.33. The average molecular weight is 276 g/mol. The number of aryl methyl sites for hydroxylation is 1. The Balaban J connectivity index is 2.18. The molecule has 2 N–H and O–H groups in total. The van der Waals surface area contributed by atoms with E-state index < -0.39 is 17.4 Å². The van der Waals surface area contributed by atoms with Gasteiger partial charge in [-0.1, -0.05) is 19.4 Å². The predicted molar refractivity (Wildman–Crippen MR) is 76.8 cm³/mol. The lowest BCUT2D eigenvalue weighted by Crippen LogP contribution is -2.58. The largest absolute Gasteiger partial charge is 0.466 e. The SMILES string of the molecule is CCCCNC(=O)C1(C)Oc2ccc(C)cc2NC1=O.